The van der Waals surface area contributed by atoms with Crippen molar-refractivity contribution in [1.82, 2.24) is 9.55 Å². The van der Waals surface area contributed by atoms with Gasteiger partial charge in [0.05, 0.1) is 0 Å². The molecule has 5 nitrogen and oxygen atoms in total. The number of carbonyl (C=O) groups excluding carboxylic acids is 2. The van der Waals surface area contributed by atoms with Gasteiger partial charge in [-0.25, -0.2) is 0 Å². The number of rotatable bonds is 7. The molecule has 152 valence electrons. The molecule has 5 heteroatoms. The van der Waals surface area contributed by atoms with Gasteiger partial charge in [-0.3, -0.25) is 9.59 Å². The predicted molar refractivity (Wildman–Crippen MR) is 117 cm³/mol. The standard InChI is InChI=1S/C25H24N2O3/c1-17-14-22(18(2)27(17)20-8-4-3-5-9-20)24(28)16-30-25(29)13-12-19-15-26-23-11-7-6-10-21(19)23/h3-11,14-15,26H,12-13,16H2,1-2H3. The summed E-state index contributed by atoms with van der Waals surface area (Å²) in [5.74, 6) is -0.559. The van der Waals surface area contributed by atoms with Gasteiger partial charge >= 0.3 is 5.97 Å². The first-order valence-electron chi connectivity index (χ1n) is 10.0. The maximum Gasteiger partial charge on any atom is 0.306 e. The molecule has 2 aromatic carbocycles. The number of benzene rings is 2. The predicted octanol–water partition coefficient (Wildman–Crippen LogP) is 4.93. The maximum atomic E-state index is 12.7. The van der Waals surface area contributed by atoms with Gasteiger partial charge in [-0.2, -0.15) is 0 Å². The molecule has 0 unspecified atom stereocenters. The van der Waals surface area contributed by atoms with Crippen LogP contribution in [0.3, 0.4) is 0 Å². The lowest BCUT2D eigenvalue weighted by Gasteiger charge is -2.09. The molecule has 0 spiro atoms. The number of aromatic nitrogens is 2. The van der Waals surface area contributed by atoms with E-state index < -0.39 is 0 Å². The number of aromatic amines is 1. The normalized spacial score (nSPS) is 11.0. The third-order valence-corrected chi connectivity index (χ3v) is 5.38. The minimum absolute atomic E-state index is 0.189. The highest BCUT2D eigenvalue weighted by molar-refractivity contribution is 5.99. The van der Waals surface area contributed by atoms with Gasteiger partial charge in [0.1, 0.15) is 0 Å². The number of nitrogens with zero attached hydrogens (tertiary/aromatic N) is 1. The molecule has 4 aromatic rings. The van der Waals surface area contributed by atoms with E-state index in [4.69, 9.17) is 4.74 Å². The van der Waals surface area contributed by atoms with Crippen LogP contribution in [0.25, 0.3) is 16.6 Å². The summed E-state index contributed by atoms with van der Waals surface area (Å²) in [6.07, 6.45) is 2.72. The van der Waals surface area contributed by atoms with Crippen LogP contribution in [-0.2, 0) is 16.0 Å². The van der Waals surface area contributed by atoms with Crippen molar-refractivity contribution in [2.24, 2.45) is 0 Å². The summed E-state index contributed by atoms with van der Waals surface area (Å²) < 4.78 is 7.30. The number of H-pyrrole nitrogens is 1. The van der Waals surface area contributed by atoms with E-state index in [1.807, 2.05) is 85.3 Å². The van der Waals surface area contributed by atoms with E-state index in [9.17, 15) is 9.59 Å². The molecule has 0 atom stereocenters. The summed E-state index contributed by atoms with van der Waals surface area (Å²) in [4.78, 5) is 28.1. The maximum absolute atomic E-state index is 12.7. The third kappa shape index (κ3) is 3.92. The van der Waals surface area contributed by atoms with Gasteiger partial charge in [-0.15, -0.1) is 0 Å². The van der Waals surface area contributed by atoms with E-state index in [2.05, 4.69) is 4.98 Å². The molecule has 0 aliphatic rings. The lowest BCUT2D eigenvalue weighted by molar-refractivity contribution is -0.142. The van der Waals surface area contributed by atoms with Crippen molar-refractivity contribution in [2.45, 2.75) is 26.7 Å². The second-order valence-corrected chi connectivity index (χ2v) is 7.40. The number of carbonyl (C=O) groups is 2. The first-order valence-corrected chi connectivity index (χ1v) is 10.0. The van der Waals surface area contributed by atoms with Crippen LogP contribution in [0, 0.1) is 13.8 Å². The van der Waals surface area contributed by atoms with E-state index in [0.717, 1.165) is 33.5 Å². The van der Waals surface area contributed by atoms with Gasteiger partial charge in [0, 0.05) is 46.2 Å². The zero-order valence-corrected chi connectivity index (χ0v) is 17.1. The zero-order valence-electron chi connectivity index (χ0n) is 17.1. The van der Waals surface area contributed by atoms with Crippen LogP contribution < -0.4 is 0 Å². The SMILES string of the molecule is Cc1cc(C(=O)COC(=O)CCc2c[nH]c3ccccc23)c(C)n1-c1ccccc1. The second kappa shape index (κ2) is 8.41. The summed E-state index contributed by atoms with van der Waals surface area (Å²) in [5, 5.41) is 1.11. The van der Waals surface area contributed by atoms with Crippen LogP contribution in [-0.4, -0.2) is 27.9 Å². The molecule has 30 heavy (non-hydrogen) atoms. The Kier molecular flexibility index (Phi) is 5.53. The second-order valence-electron chi connectivity index (χ2n) is 7.40. The summed E-state index contributed by atoms with van der Waals surface area (Å²) in [6.45, 7) is 3.63. The number of fused-ring (bicyclic) bond motifs is 1. The molecule has 0 fully saturated rings. The fourth-order valence-electron chi connectivity index (χ4n) is 3.89. The van der Waals surface area contributed by atoms with Gasteiger partial charge < -0.3 is 14.3 Å². The number of esters is 1. The van der Waals surface area contributed by atoms with Crippen molar-refractivity contribution in [3.63, 3.8) is 0 Å². The van der Waals surface area contributed by atoms with Gasteiger partial charge in [0.25, 0.3) is 0 Å². The van der Waals surface area contributed by atoms with Gasteiger partial charge in [0.2, 0.25) is 5.78 Å². The van der Waals surface area contributed by atoms with E-state index in [1.54, 1.807) is 0 Å². The van der Waals surface area contributed by atoms with Crippen LogP contribution in [0.2, 0.25) is 0 Å². The quantitative estimate of drug-likeness (QED) is 0.353. The molecule has 0 bridgehead atoms. The molecule has 2 aromatic heterocycles. The number of Topliss-reactive ketones (excluding diaryl/α,β-unsaturated/α-hetero) is 1. The Morgan fingerprint density at radius 3 is 2.53 bits per heavy atom. The molecule has 1 N–H and O–H groups in total. The number of hydrogen-bond donors (Lipinski definition) is 1. The molecule has 0 radical (unpaired) electrons. The summed E-state index contributed by atoms with van der Waals surface area (Å²) >= 11 is 0. The van der Waals surface area contributed by atoms with Crippen molar-refractivity contribution < 1.29 is 14.3 Å². The average molecular weight is 400 g/mol. The van der Waals surface area contributed by atoms with Crippen molar-refractivity contribution in [3.8, 4) is 5.69 Å². The highest BCUT2D eigenvalue weighted by atomic mass is 16.5. The molecule has 0 aliphatic carbocycles. The lowest BCUT2D eigenvalue weighted by Crippen LogP contribution is -2.15. The summed E-state index contributed by atoms with van der Waals surface area (Å²) in [5.41, 5.74) is 5.51. The fourth-order valence-corrected chi connectivity index (χ4v) is 3.89. The van der Waals surface area contributed by atoms with Crippen LogP contribution in [0.1, 0.15) is 33.7 Å². The van der Waals surface area contributed by atoms with E-state index >= 15 is 0 Å². The molecule has 0 aliphatic heterocycles. The van der Waals surface area contributed by atoms with Gasteiger partial charge in [-0.05, 0) is 50.1 Å². The highest BCUT2D eigenvalue weighted by Crippen LogP contribution is 2.22. The van der Waals surface area contributed by atoms with Gasteiger partial charge in [-0.1, -0.05) is 36.4 Å². The summed E-state index contributed by atoms with van der Waals surface area (Å²) in [6, 6.07) is 19.7. The first-order chi connectivity index (χ1) is 14.5. The third-order valence-electron chi connectivity index (χ3n) is 5.38. The molecule has 4 rings (SSSR count). The molecular weight excluding hydrogens is 376 g/mol. The molecule has 0 saturated carbocycles. The molecular formula is C25H24N2O3. The van der Waals surface area contributed by atoms with E-state index in [1.165, 1.54) is 0 Å². The van der Waals surface area contributed by atoms with Crippen LogP contribution >= 0.6 is 0 Å². The van der Waals surface area contributed by atoms with Crippen LogP contribution in [0.5, 0.6) is 0 Å². The van der Waals surface area contributed by atoms with E-state index in [-0.39, 0.29) is 24.8 Å². The average Bonchev–Trinajstić information content (AvgIpc) is 3.31. The number of aryl methyl sites for hydroxylation is 2. The van der Waals surface area contributed by atoms with Crippen LogP contribution in [0.15, 0.2) is 66.9 Å². The Labute approximate surface area is 175 Å². The van der Waals surface area contributed by atoms with Crippen molar-refractivity contribution in [1.29, 1.82) is 0 Å². The first kappa shape index (κ1) is 19.7. The largest absolute Gasteiger partial charge is 0.457 e. The highest BCUT2D eigenvalue weighted by Gasteiger charge is 2.18. The molecule has 0 amide bonds. The number of para-hydroxylation sites is 2. The van der Waals surface area contributed by atoms with Gasteiger partial charge in [0.15, 0.2) is 6.61 Å². The van der Waals surface area contributed by atoms with Crippen molar-refractivity contribution in [2.75, 3.05) is 6.61 Å². The molecule has 0 saturated heterocycles. The Balaban J connectivity index is 1.37. The smallest absolute Gasteiger partial charge is 0.306 e. The minimum atomic E-state index is -0.370. The zero-order chi connectivity index (χ0) is 21.1. The summed E-state index contributed by atoms with van der Waals surface area (Å²) in [7, 11) is 0. The molecule has 2 heterocycles. The Morgan fingerprint density at radius 1 is 1.00 bits per heavy atom. The van der Waals surface area contributed by atoms with Crippen molar-refractivity contribution >= 4 is 22.7 Å². The Hall–Kier alpha value is -3.60. The Morgan fingerprint density at radius 2 is 1.73 bits per heavy atom. The monoisotopic (exact) mass is 400 g/mol. The number of ether oxygens (including phenoxy) is 1. The minimum Gasteiger partial charge on any atom is -0.457 e. The number of nitrogens with one attached hydrogen (secondary N) is 1. The van der Waals surface area contributed by atoms with Crippen LogP contribution in [0.4, 0.5) is 0 Å². The lowest BCUT2D eigenvalue weighted by atomic mass is 10.1. The number of hydrogen-bond acceptors (Lipinski definition) is 3. The van der Waals surface area contributed by atoms with Crippen molar-refractivity contribution in [3.05, 3.63) is 89.4 Å². The Bertz CT molecular complexity index is 1200. The fraction of sp³-hybridized carbons (Fsp3) is 0.200. The van der Waals surface area contributed by atoms with E-state index in [0.29, 0.717) is 12.0 Å². The number of ketones is 1. The topological polar surface area (TPSA) is 64.1 Å².